The van der Waals surface area contributed by atoms with Crippen molar-refractivity contribution < 1.29 is 9.53 Å². The van der Waals surface area contributed by atoms with Crippen molar-refractivity contribution in [2.45, 2.75) is 13.8 Å². The fourth-order valence-electron chi connectivity index (χ4n) is 1.23. The van der Waals surface area contributed by atoms with Gasteiger partial charge in [0.25, 0.3) is 0 Å². The first-order valence-corrected chi connectivity index (χ1v) is 5.00. The first-order chi connectivity index (χ1) is 7.15. The zero-order chi connectivity index (χ0) is 11.3. The van der Waals surface area contributed by atoms with Gasteiger partial charge in [-0.1, -0.05) is 44.2 Å². The van der Waals surface area contributed by atoms with Crippen LogP contribution in [0, 0.1) is 5.92 Å². The molecule has 2 heteroatoms. The molecule has 0 unspecified atom stereocenters. The summed E-state index contributed by atoms with van der Waals surface area (Å²) >= 11 is 0. The SMILES string of the molecule is COC(=O)c1ccccc1/C=C/C(C)C. The Morgan fingerprint density at radius 3 is 2.60 bits per heavy atom. The van der Waals surface area contributed by atoms with Gasteiger partial charge < -0.3 is 4.74 Å². The van der Waals surface area contributed by atoms with Crippen molar-refractivity contribution in [1.82, 2.24) is 0 Å². The topological polar surface area (TPSA) is 26.3 Å². The summed E-state index contributed by atoms with van der Waals surface area (Å²) in [4.78, 5) is 11.4. The number of carbonyl (C=O) groups is 1. The molecule has 15 heavy (non-hydrogen) atoms. The molecule has 0 atom stereocenters. The van der Waals surface area contributed by atoms with Crippen LogP contribution in [0.4, 0.5) is 0 Å². The third-order valence-electron chi connectivity index (χ3n) is 2.03. The highest BCUT2D eigenvalue weighted by atomic mass is 16.5. The lowest BCUT2D eigenvalue weighted by atomic mass is 10.1. The van der Waals surface area contributed by atoms with E-state index in [4.69, 9.17) is 4.74 Å². The highest BCUT2D eigenvalue weighted by molar-refractivity contribution is 5.93. The van der Waals surface area contributed by atoms with Crippen molar-refractivity contribution in [2.24, 2.45) is 5.92 Å². The van der Waals surface area contributed by atoms with E-state index >= 15 is 0 Å². The van der Waals surface area contributed by atoms with E-state index in [0.717, 1.165) is 5.56 Å². The second-order valence-electron chi connectivity index (χ2n) is 3.68. The molecule has 1 aromatic rings. The quantitative estimate of drug-likeness (QED) is 0.707. The van der Waals surface area contributed by atoms with Gasteiger partial charge in [0.15, 0.2) is 0 Å². The maximum Gasteiger partial charge on any atom is 0.338 e. The number of methoxy groups -OCH3 is 1. The maximum absolute atomic E-state index is 11.4. The summed E-state index contributed by atoms with van der Waals surface area (Å²) in [7, 11) is 1.39. The number of hydrogen-bond donors (Lipinski definition) is 0. The lowest BCUT2D eigenvalue weighted by Gasteiger charge is -2.03. The van der Waals surface area contributed by atoms with Gasteiger partial charge >= 0.3 is 5.97 Å². The average Bonchev–Trinajstić information content (AvgIpc) is 2.25. The molecule has 0 amide bonds. The predicted molar refractivity (Wildman–Crippen MR) is 61.7 cm³/mol. The summed E-state index contributed by atoms with van der Waals surface area (Å²) in [6.07, 6.45) is 4.01. The predicted octanol–water partition coefficient (Wildman–Crippen LogP) is 3.14. The van der Waals surface area contributed by atoms with Crippen molar-refractivity contribution in [1.29, 1.82) is 0 Å². The molecule has 1 rings (SSSR count). The average molecular weight is 204 g/mol. The molecular formula is C13H16O2. The second-order valence-corrected chi connectivity index (χ2v) is 3.68. The Kier molecular flexibility index (Phi) is 4.10. The second kappa shape index (κ2) is 5.35. The smallest absolute Gasteiger partial charge is 0.338 e. The van der Waals surface area contributed by atoms with Crippen molar-refractivity contribution in [3.05, 3.63) is 41.5 Å². The number of benzene rings is 1. The fourth-order valence-corrected chi connectivity index (χ4v) is 1.23. The van der Waals surface area contributed by atoms with Crippen LogP contribution in [0.3, 0.4) is 0 Å². The summed E-state index contributed by atoms with van der Waals surface area (Å²) in [6, 6.07) is 7.42. The van der Waals surface area contributed by atoms with E-state index in [1.54, 1.807) is 6.07 Å². The number of rotatable bonds is 3. The summed E-state index contributed by atoms with van der Waals surface area (Å²) in [5, 5.41) is 0. The molecule has 0 aliphatic carbocycles. The molecule has 0 aliphatic heterocycles. The van der Waals surface area contributed by atoms with Gasteiger partial charge in [0, 0.05) is 0 Å². The van der Waals surface area contributed by atoms with Gasteiger partial charge in [-0.3, -0.25) is 0 Å². The molecule has 0 N–H and O–H groups in total. The highest BCUT2D eigenvalue weighted by Gasteiger charge is 2.08. The van der Waals surface area contributed by atoms with Crippen LogP contribution in [-0.4, -0.2) is 13.1 Å². The van der Waals surface area contributed by atoms with Gasteiger partial charge in [-0.25, -0.2) is 4.79 Å². The molecule has 0 aliphatic rings. The van der Waals surface area contributed by atoms with Gasteiger partial charge in [-0.05, 0) is 17.5 Å². The first kappa shape index (κ1) is 11.5. The minimum Gasteiger partial charge on any atom is -0.465 e. The Morgan fingerprint density at radius 2 is 2.00 bits per heavy atom. The molecule has 0 aromatic heterocycles. The Bertz CT molecular complexity index is 365. The normalized spacial score (nSPS) is 10.9. The highest BCUT2D eigenvalue weighted by Crippen LogP contribution is 2.13. The molecule has 0 saturated heterocycles. The zero-order valence-electron chi connectivity index (χ0n) is 9.36. The molecule has 80 valence electrons. The molecule has 0 radical (unpaired) electrons. The fraction of sp³-hybridized carbons (Fsp3) is 0.308. The molecule has 2 nitrogen and oxygen atoms in total. The Balaban J connectivity index is 3.01. The lowest BCUT2D eigenvalue weighted by Crippen LogP contribution is -2.03. The van der Waals surface area contributed by atoms with Crippen molar-refractivity contribution in [3.8, 4) is 0 Å². The van der Waals surface area contributed by atoms with Gasteiger partial charge in [-0.15, -0.1) is 0 Å². The van der Waals surface area contributed by atoms with Crippen LogP contribution < -0.4 is 0 Å². The van der Waals surface area contributed by atoms with E-state index in [1.807, 2.05) is 24.3 Å². The summed E-state index contributed by atoms with van der Waals surface area (Å²) < 4.78 is 4.71. The number of esters is 1. The van der Waals surface area contributed by atoms with Crippen LogP contribution in [0.1, 0.15) is 29.8 Å². The van der Waals surface area contributed by atoms with Crippen LogP contribution >= 0.6 is 0 Å². The van der Waals surface area contributed by atoms with Crippen LogP contribution in [0.15, 0.2) is 30.3 Å². The van der Waals surface area contributed by atoms with Crippen molar-refractivity contribution in [3.63, 3.8) is 0 Å². The first-order valence-electron chi connectivity index (χ1n) is 5.00. The largest absolute Gasteiger partial charge is 0.465 e. The van der Waals surface area contributed by atoms with Crippen molar-refractivity contribution in [2.75, 3.05) is 7.11 Å². The van der Waals surface area contributed by atoms with E-state index in [2.05, 4.69) is 19.9 Å². The summed E-state index contributed by atoms with van der Waals surface area (Å²) in [5.74, 6) is 0.176. The number of allylic oxidation sites excluding steroid dienone is 1. The van der Waals surface area contributed by atoms with E-state index < -0.39 is 0 Å². The minimum absolute atomic E-state index is 0.293. The standard InChI is InChI=1S/C13H16O2/c1-10(2)8-9-11-6-4-5-7-12(11)13(14)15-3/h4-10H,1-3H3/b9-8+. The van der Waals surface area contributed by atoms with Gasteiger partial charge in [-0.2, -0.15) is 0 Å². The number of carbonyl (C=O) groups excluding carboxylic acids is 1. The van der Waals surface area contributed by atoms with Crippen LogP contribution in [0.25, 0.3) is 6.08 Å². The maximum atomic E-state index is 11.4. The van der Waals surface area contributed by atoms with E-state index in [0.29, 0.717) is 11.5 Å². The summed E-state index contributed by atoms with van der Waals surface area (Å²) in [5.41, 5.74) is 1.51. The lowest BCUT2D eigenvalue weighted by molar-refractivity contribution is 0.0600. The molecule has 0 heterocycles. The van der Waals surface area contributed by atoms with E-state index in [-0.39, 0.29) is 5.97 Å². The van der Waals surface area contributed by atoms with Gasteiger partial charge in [0.2, 0.25) is 0 Å². The zero-order valence-corrected chi connectivity index (χ0v) is 9.36. The molecule has 0 fully saturated rings. The number of ether oxygens (including phenoxy) is 1. The molecule has 0 bridgehead atoms. The molecular weight excluding hydrogens is 188 g/mol. The number of hydrogen-bond acceptors (Lipinski definition) is 2. The molecule has 0 saturated carbocycles. The molecule has 0 spiro atoms. The molecule has 1 aromatic carbocycles. The van der Waals surface area contributed by atoms with Crippen LogP contribution in [-0.2, 0) is 4.74 Å². The third-order valence-corrected chi connectivity index (χ3v) is 2.03. The van der Waals surface area contributed by atoms with Crippen LogP contribution in [0.2, 0.25) is 0 Å². The van der Waals surface area contributed by atoms with Gasteiger partial charge in [0.1, 0.15) is 0 Å². The Morgan fingerprint density at radius 1 is 1.33 bits per heavy atom. The minimum atomic E-state index is -0.293. The van der Waals surface area contributed by atoms with E-state index in [1.165, 1.54) is 7.11 Å². The van der Waals surface area contributed by atoms with Crippen LogP contribution in [0.5, 0.6) is 0 Å². The summed E-state index contributed by atoms with van der Waals surface area (Å²) in [6.45, 7) is 4.19. The third kappa shape index (κ3) is 3.24. The Hall–Kier alpha value is -1.57. The Labute approximate surface area is 90.6 Å². The monoisotopic (exact) mass is 204 g/mol. The van der Waals surface area contributed by atoms with Gasteiger partial charge in [0.05, 0.1) is 12.7 Å². The van der Waals surface area contributed by atoms with E-state index in [9.17, 15) is 4.79 Å². The van der Waals surface area contributed by atoms with Crippen molar-refractivity contribution >= 4 is 12.0 Å².